The van der Waals surface area contributed by atoms with E-state index in [4.69, 9.17) is 0 Å². The van der Waals surface area contributed by atoms with Crippen LogP contribution < -0.4 is 0 Å². The smallest absolute Gasteiger partial charge is 0.389 e. The van der Waals surface area contributed by atoms with Gasteiger partial charge >= 0.3 is 6.18 Å². The fraction of sp³-hybridized carbons (Fsp3) is 0.375. The van der Waals surface area contributed by atoms with Crippen molar-refractivity contribution in [1.29, 1.82) is 0 Å². The van der Waals surface area contributed by atoms with E-state index in [1.54, 1.807) is 10.9 Å². The number of fused-ring (bicyclic) bond motifs is 1. The zero-order valence-electron chi connectivity index (χ0n) is 13.2. The number of hydrogen-bond donors (Lipinski definition) is 1. The van der Waals surface area contributed by atoms with Gasteiger partial charge in [0.25, 0.3) is 0 Å². The van der Waals surface area contributed by atoms with Gasteiger partial charge in [0.2, 0.25) is 0 Å². The van der Waals surface area contributed by atoms with Gasteiger partial charge in [-0.1, -0.05) is 0 Å². The first-order valence-electron chi connectivity index (χ1n) is 7.45. The molecule has 0 radical (unpaired) electrons. The van der Waals surface area contributed by atoms with E-state index < -0.39 is 18.0 Å². The number of aliphatic hydroxyl groups excluding tert-OH is 1. The van der Waals surface area contributed by atoms with Crippen molar-refractivity contribution in [3.8, 4) is 0 Å². The minimum Gasteiger partial charge on any atom is -0.389 e. The molecule has 1 atom stereocenters. The second-order valence-corrected chi connectivity index (χ2v) is 5.90. The van der Waals surface area contributed by atoms with Gasteiger partial charge in [0.15, 0.2) is 5.69 Å². The highest BCUT2D eigenvalue weighted by Crippen LogP contribution is 2.27. The molecule has 3 rings (SSSR count). The van der Waals surface area contributed by atoms with E-state index in [-0.39, 0.29) is 13.1 Å². The van der Waals surface area contributed by atoms with Crippen LogP contribution in [0.25, 0.3) is 11.0 Å². The lowest BCUT2D eigenvalue weighted by Crippen LogP contribution is -2.22. The van der Waals surface area contributed by atoms with E-state index >= 15 is 0 Å². The lowest BCUT2D eigenvalue weighted by atomic mass is 10.1. The van der Waals surface area contributed by atoms with Crippen LogP contribution in [0, 0.1) is 13.8 Å². The summed E-state index contributed by atoms with van der Waals surface area (Å²) in [7, 11) is 0. The van der Waals surface area contributed by atoms with E-state index in [2.05, 4.69) is 10.1 Å². The summed E-state index contributed by atoms with van der Waals surface area (Å²) in [4.78, 5) is 4.30. The van der Waals surface area contributed by atoms with Crippen LogP contribution in [0.1, 0.15) is 16.8 Å². The van der Waals surface area contributed by atoms with E-state index in [1.165, 1.54) is 6.20 Å². The molecule has 3 aromatic rings. The molecule has 2 aromatic heterocycles. The second-order valence-electron chi connectivity index (χ2n) is 5.90. The Morgan fingerprint density at radius 3 is 2.54 bits per heavy atom. The molecule has 0 spiro atoms. The second kappa shape index (κ2) is 5.94. The Kier molecular flexibility index (Phi) is 4.08. The summed E-state index contributed by atoms with van der Waals surface area (Å²) in [5.74, 6) is 0. The summed E-state index contributed by atoms with van der Waals surface area (Å²) < 4.78 is 40.5. The first-order valence-corrected chi connectivity index (χ1v) is 7.45. The van der Waals surface area contributed by atoms with Crippen molar-refractivity contribution in [2.75, 3.05) is 0 Å². The third-order valence-electron chi connectivity index (χ3n) is 3.97. The summed E-state index contributed by atoms with van der Waals surface area (Å²) in [6, 6.07) is 4.85. The van der Waals surface area contributed by atoms with Crippen LogP contribution in [0.2, 0.25) is 0 Å². The quantitative estimate of drug-likeness (QED) is 0.796. The zero-order valence-corrected chi connectivity index (χ0v) is 13.2. The molecule has 0 saturated heterocycles. The average molecular weight is 338 g/mol. The van der Waals surface area contributed by atoms with Crippen LogP contribution in [0.5, 0.6) is 0 Å². The fourth-order valence-corrected chi connectivity index (χ4v) is 2.57. The lowest BCUT2D eigenvalue weighted by Gasteiger charge is -2.13. The molecule has 0 amide bonds. The van der Waals surface area contributed by atoms with Gasteiger partial charge in [-0.25, -0.2) is 4.98 Å². The number of benzene rings is 1. The number of aliphatic hydroxyl groups is 1. The van der Waals surface area contributed by atoms with Gasteiger partial charge in [-0.15, -0.1) is 0 Å². The maximum Gasteiger partial charge on any atom is 0.435 e. The van der Waals surface area contributed by atoms with Crippen molar-refractivity contribution >= 4 is 11.0 Å². The van der Waals surface area contributed by atoms with Gasteiger partial charge in [0.1, 0.15) is 0 Å². The molecule has 0 fully saturated rings. The van der Waals surface area contributed by atoms with Gasteiger partial charge in [-0.3, -0.25) is 4.68 Å². The Labute approximate surface area is 136 Å². The minimum atomic E-state index is -4.48. The number of aromatic nitrogens is 4. The Morgan fingerprint density at radius 2 is 1.88 bits per heavy atom. The maximum atomic E-state index is 12.5. The first-order chi connectivity index (χ1) is 11.2. The Bertz CT molecular complexity index is 866. The molecule has 128 valence electrons. The van der Waals surface area contributed by atoms with Crippen LogP contribution in [-0.4, -0.2) is 30.5 Å². The number of imidazole rings is 1. The van der Waals surface area contributed by atoms with E-state index in [0.29, 0.717) is 0 Å². The number of halogens is 3. The summed E-state index contributed by atoms with van der Waals surface area (Å²) in [5, 5.41) is 13.6. The van der Waals surface area contributed by atoms with Crippen LogP contribution in [0.15, 0.2) is 30.7 Å². The van der Waals surface area contributed by atoms with E-state index in [1.807, 2.05) is 26.0 Å². The van der Waals surface area contributed by atoms with Gasteiger partial charge in [0, 0.05) is 6.20 Å². The molecule has 1 unspecified atom stereocenters. The van der Waals surface area contributed by atoms with E-state index in [0.717, 1.165) is 32.9 Å². The average Bonchev–Trinajstić information content (AvgIpc) is 3.08. The molecular weight excluding hydrogens is 321 g/mol. The molecule has 0 aliphatic heterocycles. The highest BCUT2D eigenvalue weighted by molar-refractivity contribution is 5.77. The van der Waals surface area contributed by atoms with Crippen molar-refractivity contribution in [3.05, 3.63) is 47.5 Å². The van der Waals surface area contributed by atoms with Gasteiger partial charge in [-0.2, -0.15) is 18.3 Å². The van der Waals surface area contributed by atoms with Crippen LogP contribution in [0.4, 0.5) is 13.2 Å². The molecule has 0 aliphatic carbocycles. The standard InChI is InChI=1S/C16H17F3N4O/c1-10-5-13-14(6-11(10)2)22(9-20-13)7-12(24)8-23-4-3-15(21-23)16(17,18)19/h3-6,9,12,24H,7-8H2,1-2H3. The molecule has 1 aromatic carbocycles. The third-order valence-corrected chi connectivity index (χ3v) is 3.97. The number of rotatable bonds is 4. The first kappa shape index (κ1) is 16.5. The van der Waals surface area contributed by atoms with Crippen molar-refractivity contribution in [2.24, 2.45) is 0 Å². The van der Waals surface area contributed by atoms with Crippen LogP contribution in [-0.2, 0) is 19.3 Å². The molecule has 0 bridgehead atoms. The van der Waals surface area contributed by atoms with Crippen molar-refractivity contribution in [2.45, 2.75) is 39.2 Å². The molecule has 5 nitrogen and oxygen atoms in total. The molecule has 1 N–H and O–H groups in total. The predicted molar refractivity (Wildman–Crippen MR) is 82.4 cm³/mol. The molecule has 0 saturated carbocycles. The number of nitrogens with zero attached hydrogens (tertiary/aromatic N) is 4. The highest BCUT2D eigenvalue weighted by atomic mass is 19.4. The summed E-state index contributed by atoms with van der Waals surface area (Å²) in [5.41, 5.74) is 2.98. The summed E-state index contributed by atoms with van der Waals surface area (Å²) in [6.07, 6.45) is -2.53. The largest absolute Gasteiger partial charge is 0.435 e. The van der Waals surface area contributed by atoms with Gasteiger partial charge in [0.05, 0.1) is 36.6 Å². The topological polar surface area (TPSA) is 55.9 Å². The lowest BCUT2D eigenvalue weighted by molar-refractivity contribution is -0.141. The number of aryl methyl sites for hydroxylation is 2. The summed E-state index contributed by atoms with van der Waals surface area (Å²) in [6.45, 7) is 4.18. The highest BCUT2D eigenvalue weighted by Gasteiger charge is 2.33. The monoisotopic (exact) mass is 338 g/mol. The Balaban J connectivity index is 1.74. The minimum absolute atomic E-state index is 0.0272. The molecule has 8 heteroatoms. The van der Waals surface area contributed by atoms with Crippen molar-refractivity contribution in [1.82, 2.24) is 19.3 Å². The molecule has 2 heterocycles. The van der Waals surface area contributed by atoms with Gasteiger partial charge < -0.3 is 9.67 Å². The Hall–Kier alpha value is -2.35. The number of alkyl halides is 3. The van der Waals surface area contributed by atoms with Crippen molar-refractivity contribution < 1.29 is 18.3 Å². The Morgan fingerprint density at radius 1 is 1.17 bits per heavy atom. The van der Waals surface area contributed by atoms with Crippen LogP contribution >= 0.6 is 0 Å². The third kappa shape index (κ3) is 3.28. The zero-order chi connectivity index (χ0) is 17.5. The predicted octanol–water partition coefficient (Wildman–Crippen LogP) is 2.93. The van der Waals surface area contributed by atoms with E-state index in [9.17, 15) is 18.3 Å². The number of hydrogen-bond acceptors (Lipinski definition) is 3. The normalized spacial score (nSPS) is 13.6. The fourth-order valence-electron chi connectivity index (χ4n) is 2.57. The molecule has 24 heavy (non-hydrogen) atoms. The maximum absolute atomic E-state index is 12.5. The van der Waals surface area contributed by atoms with Gasteiger partial charge in [-0.05, 0) is 43.2 Å². The SMILES string of the molecule is Cc1cc2ncn(CC(O)Cn3ccc(C(F)(F)F)n3)c2cc1C. The molecule has 0 aliphatic rings. The van der Waals surface area contributed by atoms with Crippen LogP contribution in [0.3, 0.4) is 0 Å². The molecular formula is C16H17F3N4O. The van der Waals surface area contributed by atoms with Crippen molar-refractivity contribution in [3.63, 3.8) is 0 Å². The summed E-state index contributed by atoms with van der Waals surface area (Å²) >= 11 is 0.